The molecule has 28 heavy (non-hydrogen) atoms. The van der Waals surface area contributed by atoms with Gasteiger partial charge in [0.25, 0.3) is 0 Å². The lowest BCUT2D eigenvalue weighted by Gasteiger charge is -2.23. The van der Waals surface area contributed by atoms with Crippen molar-refractivity contribution in [3.05, 3.63) is 59.7 Å². The number of esters is 1. The molecule has 2 aromatic rings. The lowest BCUT2D eigenvalue weighted by molar-refractivity contribution is -0.156. The fourth-order valence-electron chi connectivity index (χ4n) is 3.32. The molecule has 1 N–H and O–H groups in total. The number of amides is 1. The quantitative estimate of drug-likeness (QED) is 0.538. The number of carbonyl (C=O) groups is 2. The van der Waals surface area contributed by atoms with Crippen molar-refractivity contribution in [3.63, 3.8) is 0 Å². The summed E-state index contributed by atoms with van der Waals surface area (Å²) in [5.41, 5.74) is 3.99. The molecule has 1 aliphatic rings. The van der Waals surface area contributed by atoms with Crippen LogP contribution in [0.25, 0.3) is 11.1 Å². The van der Waals surface area contributed by atoms with Crippen molar-refractivity contribution in [1.82, 2.24) is 5.32 Å². The van der Waals surface area contributed by atoms with Crippen molar-refractivity contribution in [3.8, 4) is 11.1 Å². The molecule has 2 aromatic carbocycles. The third kappa shape index (κ3) is 4.55. The number of hydrogen-bond donors (Lipinski definition) is 1. The standard InChI is InChI=1S/C22H24BrNO4/c1-22(2,3)28-20(25)19(12-23)24-21(26)27-13-18-16-10-6-4-8-14(16)15-9-5-7-11-17(15)18/h4-11,18-19H,12-13H2,1-3H3,(H,24,26)/t19-/m0/s1. The molecule has 1 amide bonds. The number of nitrogens with one attached hydrogen (secondary N) is 1. The minimum Gasteiger partial charge on any atom is -0.458 e. The molecule has 0 unspecified atom stereocenters. The van der Waals surface area contributed by atoms with Crippen LogP contribution in [-0.2, 0) is 14.3 Å². The maximum Gasteiger partial charge on any atom is 0.407 e. The summed E-state index contributed by atoms with van der Waals surface area (Å²) < 4.78 is 10.8. The summed E-state index contributed by atoms with van der Waals surface area (Å²) in [4.78, 5) is 24.5. The minimum absolute atomic E-state index is 0.0258. The lowest BCUT2D eigenvalue weighted by Crippen LogP contribution is -2.45. The summed E-state index contributed by atoms with van der Waals surface area (Å²) in [6.45, 7) is 5.54. The Morgan fingerprint density at radius 3 is 2.07 bits per heavy atom. The molecule has 5 nitrogen and oxygen atoms in total. The number of alkyl carbamates (subject to hydrolysis) is 1. The summed E-state index contributed by atoms with van der Waals surface area (Å²) in [7, 11) is 0. The minimum atomic E-state index is -0.810. The van der Waals surface area contributed by atoms with E-state index >= 15 is 0 Å². The van der Waals surface area contributed by atoms with Crippen LogP contribution >= 0.6 is 15.9 Å². The monoisotopic (exact) mass is 445 g/mol. The van der Waals surface area contributed by atoms with Crippen molar-refractivity contribution >= 4 is 28.0 Å². The summed E-state index contributed by atoms with van der Waals surface area (Å²) in [5.74, 6) is -0.528. The largest absolute Gasteiger partial charge is 0.458 e. The van der Waals surface area contributed by atoms with Gasteiger partial charge in [0.2, 0.25) is 0 Å². The van der Waals surface area contributed by atoms with Gasteiger partial charge >= 0.3 is 12.1 Å². The number of alkyl halides is 1. The first kappa shape index (κ1) is 20.4. The normalized spacial score (nSPS) is 14.0. The van der Waals surface area contributed by atoms with Crippen molar-refractivity contribution in [1.29, 1.82) is 0 Å². The first-order chi connectivity index (χ1) is 13.3. The van der Waals surface area contributed by atoms with E-state index < -0.39 is 23.7 Å². The predicted octanol–water partition coefficient (Wildman–Crippen LogP) is 4.63. The molecule has 0 radical (unpaired) electrons. The number of benzene rings is 2. The van der Waals surface area contributed by atoms with Gasteiger partial charge < -0.3 is 14.8 Å². The Kier molecular flexibility index (Phi) is 6.08. The van der Waals surface area contributed by atoms with E-state index in [-0.39, 0.29) is 17.9 Å². The van der Waals surface area contributed by atoms with Crippen LogP contribution in [0.15, 0.2) is 48.5 Å². The van der Waals surface area contributed by atoms with Crippen LogP contribution in [0.5, 0.6) is 0 Å². The maximum atomic E-state index is 12.3. The van der Waals surface area contributed by atoms with Crippen LogP contribution in [0.2, 0.25) is 0 Å². The van der Waals surface area contributed by atoms with Gasteiger partial charge in [0.1, 0.15) is 18.2 Å². The second-order valence-corrected chi connectivity index (χ2v) is 8.36. The van der Waals surface area contributed by atoms with Crippen molar-refractivity contribution in [2.75, 3.05) is 11.9 Å². The summed E-state index contributed by atoms with van der Waals surface area (Å²) in [6, 6.07) is 15.5. The smallest absolute Gasteiger partial charge is 0.407 e. The molecule has 0 saturated heterocycles. The molecule has 0 heterocycles. The van der Waals surface area contributed by atoms with E-state index in [2.05, 4.69) is 45.5 Å². The van der Waals surface area contributed by atoms with E-state index in [1.807, 2.05) is 24.3 Å². The average molecular weight is 446 g/mol. The first-order valence-corrected chi connectivity index (χ1v) is 10.3. The fourth-order valence-corrected chi connectivity index (χ4v) is 3.74. The highest BCUT2D eigenvalue weighted by Gasteiger charge is 2.30. The zero-order valence-electron chi connectivity index (χ0n) is 16.2. The Bertz CT molecular complexity index is 829. The van der Waals surface area contributed by atoms with Crippen molar-refractivity contribution in [2.24, 2.45) is 0 Å². The van der Waals surface area contributed by atoms with E-state index in [0.717, 1.165) is 11.1 Å². The van der Waals surface area contributed by atoms with Gasteiger partial charge in [0, 0.05) is 11.2 Å². The molecule has 0 aliphatic heterocycles. The van der Waals surface area contributed by atoms with Crippen molar-refractivity contribution < 1.29 is 19.1 Å². The van der Waals surface area contributed by atoms with E-state index in [9.17, 15) is 9.59 Å². The molecule has 3 rings (SSSR count). The Morgan fingerprint density at radius 2 is 1.57 bits per heavy atom. The molecule has 0 bridgehead atoms. The fraction of sp³-hybridized carbons (Fsp3) is 0.364. The number of fused-ring (bicyclic) bond motifs is 3. The van der Waals surface area contributed by atoms with E-state index in [1.165, 1.54) is 11.1 Å². The zero-order chi connectivity index (χ0) is 20.3. The average Bonchev–Trinajstić information content (AvgIpc) is 2.97. The third-order valence-electron chi connectivity index (χ3n) is 4.48. The van der Waals surface area contributed by atoms with Gasteiger partial charge in [-0.3, -0.25) is 0 Å². The van der Waals surface area contributed by atoms with Gasteiger partial charge in [0.15, 0.2) is 0 Å². The Morgan fingerprint density at radius 1 is 1.04 bits per heavy atom. The number of carbonyl (C=O) groups excluding carboxylic acids is 2. The third-order valence-corrected chi connectivity index (χ3v) is 5.13. The topological polar surface area (TPSA) is 64.6 Å². The predicted molar refractivity (Wildman–Crippen MR) is 112 cm³/mol. The molecule has 6 heteroatoms. The number of hydrogen-bond acceptors (Lipinski definition) is 4. The number of rotatable bonds is 5. The van der Waals surface area contributed by atoms with E-state index in [0.29, 0.717) is 0 Å². The van der Waals surface area contributed by atoms with E-state index in [1.54, 1.807) is 20.8 Å². The first-order valence-electron chi connectivity index (χ1n) is 9.20. The molecule has 148 valence electrons. The van der Waals surface area contributed by atoms with Gasteiger partial charge in [-0.1, -0.05) is 64.5 Å². The van der Waals surface area contributed by atoms with Gasteiger partial charge in [-0.15, -0.1) is 0 Å². The van der Waals surface area contributed by atoms with Gasteiger partial charge in [-0.25, -0.2) is 9.59 Å². The molecule has 0 spiro atoms. The van der Waals surface area contributed by atoms with Gasteiger partial charge in [-0.05, 0) is 43.0 Å². The van der Waals surface area contributed by atoms with Gasteiger partial charge in [-0.2, -0.15) is 0 Å². The SMILES string of the molecule is CC(C)(C)OC(=O)[C@H](CBr)NC(=O)OCC1c2ccccc2-c2ccccc21. The Hall–Kier alpha value is -2.34. The second kappa shape index (κ2) is 8.35. The Balaban J connectivity index is 1.65. The lowest BCUT2D eigenvalue weighted by atomic mass is 9.98. The van der Waals surface area contributed by atoms with Crippen LogP contribution in [0.3, 0.4) is 0 Å². The van der Waals surface area contributed by atoms with E-state index in [4.69, 9.17) is 9.47 Å². The number of halogens is 1. The molecule has 1 aliphatic carbocycles. The van der Waals surface area contributed by atoms with Crippen LogP contribution in [0, 0.1) is 0 Å². The second-order valence-electron chi connectivity index (χ2n) is 7.71. The zero-order valence-corrected chi connectivity index (χ0v) is 17.8. The van der Waals surface area contributed by atoms with Crippen LogP contribution in [-0.4, -0.2) is 35.6 Å². The number of ether oxygens (including phenoxy) is 2. The van der Waals surface area contributed by atoms with Crippen LogP contribution < -0.4 is 5.32 Å². The Labute approximate surface area is 173 Å². The summed E-state index contributed by atoms with van der Waals surface area (Å²) >= 11 is 3.24. The highest BCUT2D eigenvalue weighted by molar-refractivity contribution is 9.09. The summed E-state index contributed by atoms with van der Waals surface area (Å²) in [6.07, 6.45) is -0.642. The molecular weight excluding hydrogens is 422 g/mol. The molecule has 0 fully saturated rings. The maximum absolute atomic E-state index is 12.3. The van der Waals surface area contributed by atoms with Crippen LogP contribution in [0.1, 0.15) is 37.8 Å². The van der Waals surface area contributed by atoms with Crippen LogP contribution in [0.4, 0.5) is 4.79 Å². The molecule has 0 aromatic heterocycles. The molecule has 0 saturated carbocycles. The highest BCUT2D eigenvalue weighted by Crippen LogP contribution is 2.44. The summed E-state index contributed by atoms with van der Waals surface area (Å²) in [5, 5.41) is 2.82. The molecule has 1 atom stereocenters. The van der Waals surface area contributed by atoms with Gasteiger partial charge in [0.05, 0.1) is 0 Å². The van der Waals surface area contributed by atoms with Crippen molar-refractivity contribution in [2.45, 2.75) is 38.3 Å². The highest BCUT2D eigenvalue weighted by atomic mass is 79.9. The molecular formula is C22H24BrNO4.